The van der Waals surface area contributed by atoms with Crippen LogP contribution in [0.25, 0.3) is 60.5 Å². The number of hydrogen-bond donors (Lipinski definition) is 0. The molecular formula is C62H46N2. The van der Waals surface area contributed by atoms with E-state index in [2.05, 4.69) is 271 Å². The maximum Gasteiger partial charge on any atom is 0.0560 e. The molecule has 10 aromatic carbocycles. The van der Waals surface area contributed by atoms with Gasteiger partial charge in [-0.25, -0.2) is 0 Å². The molecule has 2 heteroatoms. The average molecular weight is 819 g/mol. The third-order valence-electron chi connectivity index (χ3n) is 12.6. The number of anilines is 5. The molecule has 1 atom stereocenters. The van der Waals surface area contributed by atoms with Crippen LogP contribution in [0.15, 0.2) is 261 Å². The van der Waals surface area contributed by atoms with Crippen LogP contribution in [0.5, 0.6) is 0 Å². The summed E-state index contributed by atoms with van der Waals surface area (Å²) in [7, 11) is 0. The first kappa shape index (κ1) is 38.7. The zero-order valence-electron chi connectivity index (χ0n) is 35.5. The first-order valence-electron chi connectivity index (χ1n) is 22.2. The van der Waals surface area contributed by atoms with Crippen LogP contribution in [0.2, 0.25) is 0 Å². The molecule has 0 spiro atoms. The monoisotopic (exact) mass is 818 g/mol. The quantitative estimate of drug-likeness (QED) is 0.136. The zero-order valence-corrected chi connectivity index (χ0v) is 35.5. The van der Waals surface area contributed by atoms with Crippen LogP contribution in [-0.2, 0) is 0 Å². The van der Waals surface area contributed by atoms with Gasteiger partial charge in [-0.15, -0.1) is 0 Å². The summed E-state index contributed by atoms with van der Waals surface area (Å²) in [6.07, 6.45) is 8.00. The maximum absolute atomic E-state index is 2.49. The van der Waals surface area contributed by atoms with Crippen molar-refractivity contribution < 1.29 is 0 Å². The molecule has 0 fully saturated rings. The van der Waals surface area contributed by atoms with E-state index in [1.54, 1.807) is 0 Å². The second-order valence-electron chi connectivity index (χ2n) is 16.5. The van der Waals surface area contributed by atoms with Crippen LogP contribution in [-0.4, -0.2) is 6.04 Å². The van der Waals surface area contributed by atoms with Gasteiger partial charge in [-0.2, -0.15) is 0 Å². The summed E-state index contributed by atoms with van der Waals surface area (Å²) in [4.78, 5) is 4.82. The van der Waals surface area contributed by atoms with Crippen molar-refractivity contribution in [1.82, 2.24) is 0 Å². The fourth-order valence-corrected chi connectivity index (χ4v) is 9.36. The van der Waals surface area contributed by atoms with Gasteiger partial charge >= 0.3 is 0 Å². The Morgan fingerprint density at radius 2 is 0.719 bits per heavy atom. The van der Waals surface area contributed by atoms with E-state index in [0.29, 0.717) is 0 Å². The van der Waals surface area contributed by atoms with Crippen molar-refractivity contribution in [2.45, 2.75) is 12.5 Å². The summed E-state index contributed by atoms with van der Waals surface area (Å²) in [5.74, 6) is 0. The van der Waals surface area contributed by atoms with Gasteiger partial charge in [-0.1, -0.05) is 200 Å². The van der Waals surface area contributed by atoms with E-state index in [1.807, 2.05) is 0 Å². The van der Waals surface area contributed by atoms with E-state index >= 15 is 0 Å². The molecular weight excluding hydrogens is 773 g/mol. The Balaban J connectivity index is 0.901. The number of para-hydroxylation sites is 1. The predicted molar refractivity (Wildman–Crippen MR) is 273 cm³/mol. The Morgan fingerprint density at radius 3 is 1.25 bits per heavy atom. The summed E-state index contributed by atoms with van der Waals surface area (Å²) in [5.41, 5.74) is 15.4. The minimum absolute atomic E-state index is 0.137. The van der Waals surface area contributed by atoms with E-state index in [-0.39, 0.29) is 6.04 Å². The minimum atomic E-state index is 0.137. The molecule has 1 aliphatic carbocycles. The molecule has 11 rings (SSSR count). The van der Waals surface area contributed by atoms with E-state index in [0.717, 1.165) is 34.9 Å². The van der Waals surface area contributed by atoms with Crippen molar-refractivity contribution in [3.8, 4) is 33.4 Å². The number of benzene rings is 10. The largest absolute Gasteiger partial charge is 0.334 e. The van der Waals surface area contributed by atoms with Crippen LogP contribution in [0.4, 0.5) is 28.4 Å². The maximum atomic E-state index is 2.49. The SMILES string of the molecule is C1=CC(N(c2ccc(-c3ccc(N(c4ccccc4)c4ccc(-c5ccccc5)cc4)cc3)cc2)c2ccc(-c3cccc4ccccc34)cc2)CC=C1c1cccc2ccccc12. The van der Waals surface area contributed by atoms with Crippen molar-refractivity contribution >= 4 is 55.6 Å². The van der Waals surface area contributed by atoms with Gasteiger partial charge in [-0.05, 0) is 133 Å². The molecule has 0 saturated heterocycles. The molecule has 0 radical (unpaired) electrons. The van der Waals surface area contributed by atoms with Gasteiger partial charge in [0.05, 0.1) is 6.04 Å². The lowest BCUT2D eigenvalue weighted by Gasteiger charge is -2.33. The Morgan fingerprint density at radius 1 is 0.312 bits per heavy atom. The van der Waals surface area contributed by atoms with Crippen molar-refractivity contribution in [1.29, 1.82) is 0 Å². The fraction of sp³-hybridized carbons (Fsp3) is 0.0323. The van der Waals surface area contributed by atoms with Gasteiger partial charge in [0.1, 0.15) is 0 Å². The number of nitrogens with zero attached hydrogens (tertiary/aromatic N) is 2. The summed E-state index contributed by atoms with van der Waals surface area (Å²) >= 11 is 0. The summed E-state index contributed by atoms with van der Waals surface area (Å²) in [6, 6.07) is 87.8. The first-order chi connectivity index (χ1) is 31.7. The molecule has 0 aliphatic heterocycles. The van der Waals surface area contributed by atoms with Crippen molar-refractivity contribution in [3.05, 3.63) is 266 Å². The number of hydrogen-bond acceptors (Lipinski definition) is 2. The molecule has 0 saturated carbocycles. The summed E-state index contributed by atoms with van der Waals surface area (Å²) in [6.45, 7) is 0. The highest BCUT2D eigenvalue weighted by atomic mass is 15.2. The van der Waals surface area contributed by atoms with Crippen LogP contribution in [0.1, 0.15) is 12.0 Å². The van der Waals surface area contributed by atoms with Crippen LogP contribution < -0.4 is 9.80 Å². The number of allylic oxidation sites excluding steroid dienone is 2. The van der Waals surface area contributed by atoms with Crippen molar-refractivity contribution in [3.63, 3.8) is 0 Å². The van der Waals surface area contributed by atoms with Crippen LogP contribution in [0.3, 0.4) is 0 Å². The average Bonchev–Trinajstić information content (AvgIpc) is 3.38. The summed E-state index contributed by atoms with van der Waals surface area (Å²) in [5, 5.41) is 5.07. The standard InChI is InChI=1S/C62H46N2/c1-3-13-45(14-4-1)46-25-35-54(36-26-46)63(53-19-5-2-6-20-53)55-37-27-47(28-38-55)48-29-39-56(40-30-48)64(57-41-31-51(32-42-57)61-23-11-17-49-15-7-9-21-59(49)61)58-43-33-52(34-44-58)62-24-12-18-50-16-8-10-22-60(50)62/h1-43,58H,44H2. The molecule has 0 amide bonds. The Kier molecular flexibility index (Phi) is 10.5. The zero-order chi connectivity index (χ0) is 42.7. The third-order valence-corrected chi connectivity index (χ3v) is 12.6. The van der Waals surface area contributed by atoms with Gasteiger partial charge in [0.2, 0.25) is 0 Å². The molecule has 10 aromatic rings. The molecule has 304 valence electrons. The number of fused-ring (bicyclic) bond motifs is 2. The van der Waals surface area contributed by atoms with Gasteiger partial charge in [0.25, 0.3) is 0 Å². The van der Waals surface area contributed by atoms with Crippen molar-refractivity contribution in [2.24, 2.45) is 0 Å². The Labute approximate surface area is 376 Å². The second-order valence-corrected chi connectivity index (χ2v) is 16.5. The smallest absolute Gasteiger partial charge is 0.0560 e. The third kappa shape index (κ3) is 7.67. The number of rotatable bonds is 10. The lowest BCUT2D eigenvalue weighted by molar-refractivity contribution is 0.787. The highest BCUT2D eigenvalue weighted by Gasteiger charge is 2.22. The van der Waals surface area contributed by atoms with E-state index in [1.165, 1.54) is 66.1 Å². The van der Waals surface area contributed by atoms with Gasteiger partial charge in [0.15, 0.2) is 0 Å². The molecule has 0 N–H and O–H groups in total. The topological polar surface area (TPSA) is 6.48 Å². The highest BCUT2D eigenvalue weighted by molar-refractivity contribution is 5.98. The molecule has 0 aromatic heterocycles. The molecule has 64 heavy (non-hydrogen) atoms. The van der Waals surface area contributed by atoms with Gasteiger partial charge in [-0.3, -0.25) is 0 Å². The minimum Gasteiger partial charge on any atom is -0.334 e. The van der Waals surface area contributed by atoms with E-state index in [9.17, 15) is 0 Å². The Hall–Kier alpha value is -8.20. The van der Waals surface area contributed by atoms with E-state index < -0.39 is 0 Å². The normalized spacial score (nSPS) is 13.4. The summed E-state index contributed by atoms with van der Waals surface area (Å²) < 4.78 is 0. The molecule has 0 heterocycles. The molecule has 1 unspecified atom stereocenters. The fourth-order valence-electron chi connectivity index (χ4n) is 9.36. The molecule has 2 nitrogen and oxygen atoms in total. The van der Waals surface area contributed by atoms with Crippen molar-refractivity contribution in [2.75, 3.05) is 9.80 Å². The van der Waals surface area contributed by atoms with Crippen LogP contribution >= 0.6 is 0 Å². The van der Waals surface area contributed by atoms with E-state index in [4.69, 9.17) is 0 Å². The highest BCUT2D eigenvalue weighted by Crippen LogP contribution is 2.40. The van der Waals surface area contributed by atoms with Crippen LogP contribution in [0, 0.1) is 0 Å². The Bertz CT molecular complexity index is 3250. The van der Waals surface area contributed by atoms with Gasteiger partial charge < -0.3 is 9.80 Å². The van der Waals surface area contributed by atoms with Gasteiger partial charge in [0, 0.05) is 28.4 Å². The second kappa shape index (κ2) is 17.3. The predicted octanol–water partition coefficient (Wildman–Crippen LogP) is 17.0. The first-order valence-corrected chi connectivity index (χ1v) is 22.2. The lowest BCUT2D eigenvalue weighted by Crippen LogP contribution is -2.30. The molecule has 1 aliphatic rings. The molecule has 0 bridgehead atoms. The lowest BCUT2D eigenvalue weighted by atomic mass is 9.92.